The lowest BCUT2D eigenvalue weighted by atomic mass is 9.75. The summed E-state index contributed by atoms with van der Waals surface area (Å²) in [4.78, 5) is 10.9. The van der Waals surface area contributed by atoms with Gasteiger partial charge in [-0.05, 0) is 40.5 Å². The summed E-state index contributed by atoms with van der Waals surface area (Å²) >= 11 is 0. The van der Waals surface area contributed by atoms with Crippen molar-refractivity contribution in [2.24, 2.45) is 5.92 Å². The van der Waals surface area contributed by atoms with Crippen molar-refractivity contribution in [1.29, 1.82) is 0 Å². The molecule has 0 unspecified atom stereocenters. The summed E-state index contributed by atoms with van der Waals surface area (Å²) < 4.78 is 0. The van der Waals surface area contributed by atoms with Crippen LogP contribution in [0.2, 0.25) is 0 Å². The SMILES string of the molecule is CC1(C)CC(C(=O)O)CC(C)(C)N1[O]. The van der Waals surface area contributed by atoms with Crippen LogP contribution in [0.4, 0.5) is 0 Å². The first kappa shape index (κ1) is 11.5. The van der Waals surface area contributed by atoms with Gasteiger partial charge in [-0.25, -0.2) is 0 Å². The van der Waals surface area contributed by atoms with E-state index in [9.17, 15) is 10.0 Å². The Hall–Kier alpha value is -0.610. The molecular weight excluding hydrogens is 182 g/mol. The standard InChI is InChI=1S/C10H18NO3/c1-9(2)5-7(8(12)13)6-10(3,4)11(9)14/h7H,5-6H2,1-4H3,(H,12,13). The summed E-state index contributed by atoms with van der Waals surface area (Å²) in [6.07, 6.45) is 0.852. The van der Waals surface area contributed by atoms with Gasteiger partial charge >= 0.3 is 5.97 Å². The molecule has 4 nitrogen and oxygen atoms in total. The van der Waals surface area contributed by atoms with Crippen LogP contribution in [0.3, 0.4) is 0 Å². The fraction of sp³-hybridized carbons (Fsp3) is 0.900. The van der Waals surface area contributed by atoms with Crippen molar-refractivity contribution >= 4 is 5.97 Å². The van der Waals surface area contributed by atoms with Crippen LogP contribution in [0.25, 0.3) is 0 Å². The molecule has 0 aliphatic carbocycles. The van der Waals surface area contributed by atoms with Crippen molar-refractivity contribution in [3.8, 4) is 0 Å². The van der Waals surface area contributed by atoms with Gasteiger partial charge < -0.3 is 5.11 Å². The van der Waals surface area contributed by atoms with Gasteiger partial charge in [-0.2, -0.15) is 0 Å². The molecule has 1 fully saturated rings. The molecular formula is C10H18NO3. The molecule has 1 saturated heterocycles. The second-order valence-corrected chi connectivity index (χ2v) is 5.36. The van der Waals surface area contributed by atoms with Gasteiger partial charge in [-0.1, -0.05) is 0 Å². The molecule has 1 radical (unpaired) electrons. The van der Waals surface area contributed by atoms with Crippen molar-refractivity contribution in [3.63, 3.8) is 0 Å². The third-order valence-electron chi connectivity index (χ3n) is 2.94. The summed E-state index contributed by atoms with van der Waals surface area (Å²) in [6.45, 7) is 7.21. The number of hydrogen-bond acceptors (Lipinski definition) is 2. The van der Waals surface area contributed by atoms with E-state index >= 15 is 0 Å². The van der Waals surface area contributed by atoms with E-state index in [-0.39, 0.29) is 0 Å². The molecule has 0 bridgehead atoms. The van der Waals surface area contributed by atoms with Gasteiger partial charge in [0.2, 0.25) is 0 Å². The molecule has 1 aliphatic heterocycles. The van der Waals surface area contributed by atoms with Crippen molar-refractivity contribution in [1.82, 2.24) is 5.06 Å². The van der Waals surface area contributed by atoms with Gasteiger partial charge in [-0.15, -0.1) is 10.3 Å². The molecule has 81 valence electrons. The topological polar surface area (TPSA) is 60.4 Å². The number of aliphatic carboxylic acids is 1. The van der Waals surface area contributed by atoms with E-state index in [0.717, 1.165) is 5.06 Å². The molecule has 0 aromatic carbocycles. The minimum Gasteiger partial charge on any atom is -0.481 e. The molecule has 0 aromatic heterocycles. The number of rotatable bonds is 1. The third kappa shape index (κ3) is 1.91. The summed E-state index contributed by atoms with van der Waals surface area (Å²) in [6, 6.07) is 0. The zero-order valence-corrected chi connectivity index (χ0v) is 9.20. The van der Waals surface area contributed by atoms with E-state index in [1.807, 2.05) is 0 Å². The Labute approximate surface area is 84.5 Å². The smallest absolute Gasteiger partial charge is 0.306 e. The molecule has 0 spiro atoms. The fourth-order valence-corrected chi connectivity index (χ4v) is 2.44. The monoisotopic (exact) mass is 200 g/mol. The van der Waals surface area contributed by atoms with Crippen LogP contribution >= 0.6 is 0 Å². The Morgan fingerprint density at radius 2 is 1.57 bits per heavy atom. The number of carbonyl (C=O) groups is 1. The second-order valence-electron chi connectivity index (χ2n) is 5.36. The van der Waals surface area contributed by atoms with Crippen LogP contribution in [-0.2, 0) is 10.0 Å². The Morgan fingerprint density at radius 1 is 1.21 bits per heavy atom. The minimum absolute atomic E-state index is 0.398. The molecule has 14 heavy (non-hydrogen) atoms. The second kappa shape index (κ2) is 3.21. The van der Waals surface area contributed by atoms with E-state index in [0.29, 0.717) is 12.8 Å². The van der Waals surface area contributed by atoms with E-state index in [2.05, 4.69) is 0 Å². The maximum Gasteiger partial charge on any atom is 0.306 e. The van der Waals surface area contributed by atoms with Crippen molar-refractivity contribution in [2.75, 3.05) is 0 Å². The van der Waals surface area contributed by atoms with E-state index in [1.54, 1.807) is 27.7 Å². The first-order valence-electron chi connectivity index (χ1n) is 4.87. The lowest BCUT2D eigenvalue weighted by molar-refractivity contribution is -0.293. The molecule has 0 saturated carbocycles. The Kier molecular flexibility index (Phi) is 2.63. The molecule has 1 heterocycles. The largest absolute Gasteiger partial charge is 0.481 e. The Balaban J connectivity index is 2.91. The van der Waals surface area contributed by atoms with Crippen molar-refractivity contribution < 1.29 is 15.1 Å². The number of piperidine rings is 1. The Morgan fingerprint density at radius 3 is 1.86 bits per heavy atom. The zero-order valence-electron chi connectivity index (χ0n) is 9.20. The predicted octanol–water partition coefficient (Wildman–Crippen LogP) is 1.69. The van der Waals surface area contributed by atoms with Gasteiger partial charge in [0.05, 0.1) is 5.92 Å². The molecule has 1 N–H and O–H groups in total. The minimum atomic E-state index is -0.792. The number of carboxylic acid groups (broad SMARTS) is 1. The fourth-order valence-electron chi connectivity index (χ4n) is 2.44. The van der Waals surface area contributed by atoms with Gasteiger partial charge in [0.15, 0.2) is 0 Å². The van der Waals surface area contributed by atoms with Gasteiger partial charge in [-0.3, -0.25) is 4.79 Å². The first-order chi connectivity index (χ1) is 6.17. The van der Waals surface area contributed by atoms with Crippen LogP contribution in [0.1, 0.15) is 40.5 Å². The van der Waals surface area contributed by atoms with E-state index in [4.69, 9.17) is 5.11 Å². The average Bonchev–Trinajstić information content (AvgIpc) is 1.98. The summed E-state index contributed by atoms with van der Waals surface area (Å²) in [5.41, 5.74) is -1.16. The summed E-state index contributed by atoms with van der Waals surface area (Å²) in [7, 11) is 0. The highest BCUT2D eigenvalue weighted by atomic mass is 16.5. The predicted molar refractivity (Wildman–Crippen MR) is 51.0 cm³/mol. The average molecular weight is 200 g/mol. The number of carboxylic acids is 1. The normalized spacial score (nSPS) is 27.5. The zero-order chi connectivity index (χ0) is 11.1. The third-order valence-corrected chi connectivity index (χ3v) is 2.94. The first-order valence-corrected chi connectivity index (χ1v) is 4.87. The number of hydrogen-bond donors (Lipinski definition) is 1. The molecule has 0 aromatic rings. The maximum absolute atomic E-state index is 11.9. The molecule has 0 amide bonds. The number of nitrogens with zero attached hydrogens (tertiary/aromatic N) is 1. The highest BCUT2D eigenvalue weighted by molar-refractivity contribution is 5.70. The maximum atomic E-state index is 11.9. The van der Waals surface area contributed by atoms with Crippen molar-refractivity contribution in [2.45, 2.75) is 51.6 Å². The highest BCUT2D eigenvalue weighted by Gasteiger charge is 2.48. The summed E-state index contributed by atoms with van der Waals surface area (Å²) in [5, 5.41) is 21.9. The van der Waals surface area contributed by atoms with E-state index in [1.165, 1.54) is 0 Å². The highest BCUT2D eigenvalue weighted by Crippen LogP contribution is 2.40. The van der Waals surface area contributed by atoms with Gasteiger partial charge in [0.25, 0.3) is 0 Å². The lowest BCUT2D eigenvalue weighted by Crippen LogP contribution is -2.59. The lowest BCUT2D eigenvalue weighted by Gasteiger charge is -2.48. The molecule has 0 atom stereocenters. The van der Waals surface area contributed by atoms with E-state index < -0.39 is 23.0 Å². The van der Waals surface area contributed by atoms with Gasteiger partial charge in [0.1, 0.15) is 0 Å². The summed E-state index contributed by atoms with van der Waals surface area (Å²) in [5.74, 6) is -1.19. The molecule has 4 heteroatoms. The van der Waals surface area contributed by atoms with Crippen LogP contribution in [0, 0.1) is 5.92 Å². The molecule has 1 rings (SSSR count). The Bertz CT molecular complexity index is 230. The molecule has 1 aliphatic rings. The van der Waals surface area contributed by atoms with Crippen LogP contribution in [0.15, 0.2) is 0 Å². The van der Waals surface area contributed by atoms with Crippen LogP contribution in [0.5, 0.6) is 0 Å². The van der Waals surface area contributed by atoms with Crippen LogP contribution in [-0.4, -0.2) is 27.2 Å². The number of hydroxylamine groups is 2. The quantitative estimate of drug-likeness (QED) is 0.700. The van der Waals surface area contributed by atoms with Gasteiger partial charge in [0, 0.05) is 11.1 Å². The van der Waals surface area contributed by atoms with Crippen LogP contribution < -0.4 is 0 Å². The van der Waals surface area contributed by atoms with Crippen molar-refractivity contribution in [3.05, 3.63) is 0 Å².